The molecule has 2 heterocycles. The highest BCUT2D eigenvalue weighted by Crippen LogP contribution is 2.37. The zero-order valence-electron chi connectivity index (χ0n) is 25.6. The molecule has 0 aliphatic carbocycles. The van der Waals surface area contributed by atoms with Crippen molar-refractivity contribution in [2.45, 2.75) is 33.4 Å². The van der Waals surface area contributed by atoms with Gasteiger partial charge in [0, 0.05) is 29.2 Å². The van der Waals surface area contributed by atoms with E-state index in [0.29, 0.717) is 61.5 Å². The van der Waals surface area contributed by atoms with E-state index in [4.69, 9.17) is 30.8 Å². The van der Waals surface area contributed by atoms with Gasteiger partial charge in [0.2, 0.25) is 0 Å². The number of rotatable bonds is 10. The molecule has 0 bridgehead atoms. The quantitative estimate of drug-likeness (QED) is 0.187. The topological polar surface area (TPSA) is 82.4 Å². The average Bonchev–Trinajstić information content (AvgIpc) is 3.34. The van der Waals surface area contributed by atoms with Gasteiger partial charge in [-0.1, -0.05) is 59.3 Å². The van der Waals surface area contributed by atoms with Crippen LogP contribution in [0.15, 0.2) is 81.7 Å². The number of nitrogens with zero attached hydrogens (tertiary/aromatic N) is 3. The highest BCUT2D eigenvalue weighted by Gasteiger charge is 2.35. The van der Waals surface area contributed by atoms with Gasteiger partial charge in [-0.25, -0.2) is 4.99 Å². The maximum atomic E-state index is 14.2. The number of aromatic nitrogens is 1. The summed E-state index contributed by atoms with van der Waals surface area (Å²) in [5, 5.41) is 0.627. The first-order valence-electron chi connectivity index (χ1n) is 14.4. The van der Waals surface area contributed by atoms with Crippen LogP contribution >= 0.6 is 45.5 Å². The van der Waals surface area contributed by atoms with E-state index < -0.39 is 6.04 Å². The SMILES string of the molecule is CCN(CC)C(=O)C1=C(C)N=c2s/c(=C/c3cc(I)c(OCc4ccccc4Cl)c(OC)c3)c(=O)n2[C@H]1c1ccccc1OC. The smallest absolute Gasteiger partial charge is 0.271 e. The van der Waals surface area contributed by atoms with E-state index in [-0.39, 0.29) is 18.1 Å². The highest BCUT2D eigenvalue weighted by molar-refractivity contribution is 14.1. The van der Waals surface area contributed by atoms with Crippen LogP contribution in [0.1, 0.15) is 43.5 Å². The molecule has 1 amide bonds. The largest absolute Gasteiger partial charge is 0.496 e. The van der Waals surface area contributed by atoms with Gasteiger partial charge >= 0.3 is 0 Å². The normalized spacial score (nSPS) is 14.6. The number of allylic oxidation sites excluding steroid dienone is 1. The van der Waals surface area contributed by atoms with Crippen molar-refractivity contribution in [1.82, 2.24) is 9.47 Å². The minimum atomic E-state index is -0.706. The summed E-state index contributed by atoms with van der Waals surface area (Å²) in [5.41, 5.74) is 3.12. The first kappa shape index (κ1) is 32.8. The van der Waals surface area contributed by atoms with Crippen LogP contribution in [0.2, 0.25) is 5.02 Å². The maximum absolute atomic E-state index is 14.2. The van der Waals surface area contributed by atoms with Crippen molar-refractivity contribution in [1.29, 1.82) is 0 Å². The Hall–Kier alpha value is -3.61. The summed E-state index contributed by atoms with van der Waals surface area (Å²) >= 11 is 9.80. The number of hydrogen-bond donors (Lipinski definition) is 0. The number of methoxy groups -OCH3 is 2. The van der Waals surface area contributed by atoms with E-state index in [1.807, 2.05) is 87.5 Å². The van der Waals surface area contributed by atoms with Crippen molar-refractivity contribution in [2.24, 2.45) is 4.99 Å². The first-order chi connectivity index (χ1) is 21.7. The standard InChI is InChI=1S/C34H33ClIN3O5S/c1-6-38(7-2)33(41)29-20(3)37-34-39(30(29)23-13-9-11-15-26(23)42-4)32(40)28(45-34)18-21-16-25(36)31(27(17-21)43-5)44-19-22-12-8-10-14-24(22)35/h8-18,30H,6-7,19H2,1-5H3/b28-18+/t30-/m0/s1. The monoisotopic (exact) mass is 757 g/mol. The molecule has 0 N–H and O–H groups in total. The van der Waals surface area contributed by atoms with E-state index in [2.05, 4.69) is 22.6 Å². The molecule has 45 heavy (non-hydrogen) atoms. The Kier molecular flexibility index (Phi) is 10.4. The van der Waals surface area contributed by atoms with Crippen molar-refractivity contribution in [3.05, 3.63) is 117 Å². The number of ether oxygens (including phenoxy) is 3. The van der Waals surface area contributed by atoms with Gasteiger partial charge < -0.3 is 19.1 Å². The van der Waals surface area contributed by atoms with Crippen LogP contribution in [0, 0.1) is 3.57 Å². The van der Waals surface area contributed by atoms with Crippen LogP contribution in [0.4, 0.5) is 0 Å². The molecular formula is C34H33ClIN3O5S. The van der Waals surface area contributed by atoms with Crippen molar-refractivity contribution in [3.63, 3.8) is 0 Å². The number of benzene rings is 3. The Morgan fingerprint density at radius 3 is 2.44 bits per heavy atom. The van der Waals surface area contributed by atoms with Gasteiger partial charge in [0.15, 0.2) is 16.3 Å². The number of hydrogen-bond acceptors (Lipinski definition) is 7. The lowest BCUT2D eigenvalue weighted by atomic mass is 9.94. The Balaban J connectivity index is 1.62. The summed E-state index contributed by atoms with van der Waals surface area (Å²) in [6.07, 6.45) is 1.82. The number of amides is 1. The van der Waals surface area contributed by atoms with Crippen molar-refractivity contribution < 1.29 is 19.0 Å². The minimum Gasteiger partial charge on any atom is -0.496 e. The van der Waals surface area contributed by atoms with E-state index in [9.17, 15) is 9.59 Å². The predicted octanol–water partition coefficient (Wildman–Crippen LogP) is 5.96. The molecule has 0 spiro atoms. The number of thiazole rings is 1. The second kappa shape index (κ2) is 14.2. The van der Waals surface area contributed by atoms with Crippen molar-refractivity contribution in [2.75, 3.05) is 27.3 Å². The lowest BCUT2D eigenvalue weighted by Gasteiger charge is -2.29. The molecule has 4 aromatic rings. The number of likely N-dealkylation sites (N-methyl/N-ethyl adjacent to an activating group) is 1. The predicted molar refractivity (Wildman–Crippen MR) is 186 cm³/mol. The summed E-state index contributed by atoms with van der Waals surface area (Å²) < 4.78 is 20.4. The first-order valence-corrected chi connectivity index (χ1v) is 16.7. The average molecular weight is 758 g/mol. The molecule has 8 nitrogen and oxygen atoms in total. The lowest BCUT2D eigenvalue weighted by molar-refractivity contribution is -0.127. The maximum Gasteiger partial charge on any atom is 0.271 e. The Bertz CT molecular complexity index is 1960. The van der Waals surface area contributed by atoms with Crippen LogP contribution in [-0.2, 0) is 11.4 Å². The number of para-hydroxylation sites is 1. The third-order valence-corrected chi connectivity index (χ3v) is 9.77. The van der Waals surface area contributed by atoms with E-state index in [1.165, 1.54) is 11.3 Å². The van der Waals surface area contributed by atoms with E-state index in [1.54, 1.807) is 23.7 Å². The molecule has 0 radical (unpaired) electrons. The number of fused-ring (bicyclic) bond motifs is 1. The number of carbonyl (C=O) groups is 1. The molecule has 0 fully saturated rings. The molecule has 1 aliphatic heterocycles. The Labute approximate surface area is 284 Å². The lowest BCUT2D eigenvalue weighted by Crippen LogP contribution is -2.43. The number of carbonyl (C=O) groups excluding carboxylic acids is 1. The van der Waals surface area contributed by atoms with E-state index >= 15 is 0 Å². The molecule has 1 atom stereocenters. The van der Waals surface area contributed by atoms with E-state index in [0.717, 1.165) is 14.7 Å². The van der Waals surface area contributed by atoms with Gasteiger partial charge in [-0.05, 0) is 79.3 Å². The molecule has 0 unspecified atom stereocenters. The highest BCUT2D eigenvalue weighted by atomic mass is 127. The molecule has 1 aromatic heterocycles. The zero-order valence-corrected chi connectivity index (χ0v) is 29.3. The number of halogens is 2. The second-order valence-electron chi connectivity index (χ2n) is 10.2. The second-order valence-corrected chi connectivity index (χ2v) is 12.8. The van der Waals surface area contributed by atoms with Crippen molar-refractivity contribution in [3.8, 4) is 17.2 Å². The third kappa shape index (κ3) is 6.54. The summed E-state index contributed by atoms with van der Waals surface area (Å²) in [7, 11) is 3.16. The van der Waals surface area contributed by atoms with Crippen molar-refractivity contribution >= 4 is 57.5 Å². The Morgan fingerprint density at radius 2 is 1.76 bits per heavy atom. The third-order valence-electron chi connectivity index (χ3n) is 7.62. The summed E-state index contributed by atoms with van der Waals surface area (Å²) in [4.78, 5) is 35.1. The van der Waals surface area contributed by atoms with Crippen LogP contribution < -0.4 is 29.1 Å². The molecule has 0 saturated carbocycles. The van der Waals surface area contributed by atoms with Gasteiger partial charge in [-0.3, -0.25) is 14.2 Å². The minimum absolute atomic E-state index is 0.155. The van der Waals surface area contributed by atoms with Gasteiger partial charge in [0.25, 0.3) is 11.5 Å². The molecule has 11 heteroatoms. The van der Waals surface area contributed by atoms with Crippen LogP contribution in [-0.4, -0.2) is 42.7 Å². The van der Waals surface area contributed by atoms with Gasteiger partial charge in [0.05, 0.1) is 33.6 Å². The fraction of sp³-hybridized carbons (Fsp3) is 0.265. The Morgan fingerprint density at radius 1 is 1.07 bits per heavy atom. The fourth-order valence-corrected chi connectivity index (χ4v) is 7.36. The summed E-state index contributed by atoms with van der Waals surface area (Å²) in [6.45, 7) is 7.05. The molecule has 3 aromatic carbocycles. The zero-order chi connectivity index (χ0) is 32.2. The molecule has 1 aliphatic rings. The molecule has 234 valence electrons. The van der Waals surface area contributed by atoms with Crippen LogP contribution in [0.5, 0.6) is 17.2 Å². The van der Waals surface area contributed by atoms with Crippen LogP contribution in [0.3, 0.4) is 0 Å². The van der Waals surface area contributed by atoms with Gasteiger partial charge in [-0.15, -0.1) is 0 Å². The van der Waals surface area contributed by atoms with Gasteiger partial charge in [-0.2, -0.15) is 0 Å². The van der Waals surface area contributed by atoms with Crippen LogP contribution in [0.25, 0.3) is 6.08 Å². The van der Waals surface area contributed by atoms with Gasteiger partial charge in [0.1, 0.15) is 18.4 Å². The molecular weight excluding hydrogens is 725 g/mol. The summed E-state index contributed by atoms with van der Waals surface area (Å²) in [6, 6.07) is 18.1. The molecule has 0 saturated heterocycles. The molecule has 5 rings (SSSR count). The fourth-order valence-electron chi connectivity index (χ4n) is 5.34. The summed E-state index contributed by atoms with van der Waals surface area (Å²) in [5.74, 6) is 1.55.